The smallest absolute Gasteiger partial charge is 0.348 e. The van der Waals surface area contributed by atoms with E-state index < -0.39 is 5.97 Å². The van der Waals surface area contributed by atoms with Crippen molar-refractivity contribution in [1.82, 2.24) is 0 Å². The number of ketones is 1. The average Bonchev–Trinajstić information content (AvgIpc) is 3.10. The molecule has 1 aliphatic rings. The number of carbonyl (C=O) groups is 3. The minimum Gasteiger partial charge on any atom is -0.453 e. The molecular formula is C22H25NO4S. The van der Waals surface area contributed by atoms with Gasteiger partial charge in [-0.3, -0.25) is 9.59 Å². The molecule has 1 heterocycles. The van der Waals surface area contributed by atoms with Gasteiger partial charge in [0, 0.05) is 22.5 Å². The first-order valence-electron chi connectivity index (χ1n) is 9.64. The average molecular weight is 400 g/mol. The van der Waals surface area contributed by atoms with Crippen molar-refractivity contribution in [3.05, 3.63) is 51.2 Å². The summed E-state index contributed by atoms with van der Waals surface area (Å²) in [6.07, 6.45) is 4.80. The highest BCUT2D eigenvalue weighted by atomic mass is 32.1. The largest absolute Gasteiger partial charge is 0.453 e. The number of rotatable bonds is 7. The van der Waals surface area contributed by atoms with Crippen molar-refractivity contribution in [2.75, 3.05) is 11.9 Å². The number of thiophene rings is 1. The number of anilines is 1. The molecule has 0 aliphatic heterocycles. The van der Waals surface area contributed by atoms with Crippen LogP contribution in [0.1, 0.15) is 63.6 Å². The third-order valence-corrected chi connectivity index (χ3v) is 5.83. The molecule has 0 saturated heterocycles. The molecule has 148 valence electrons. The van der Waals surface area contributed by atoms with Crippen LogP contribution in [0.4, 0.5) is 5.69 Å². The summed E-state index contributed by atoms with van der Waals surface area (Å²) in [4.78, 5) is 38.2. The van der Waals surface area contributed by atoms with Crippen molar-refractivity contribution in [2.24, 2.45) is 5.92 Å². The van der Waals surface area contributed by atoms with Gasteiger partial charge in [0.05, 0.1) is 0 Å². The Hall–Kier alpha value is -2.47. The molecule has 0 bridgehead atoms. The normalized spacial score (nSPS) is 13.1. The van der Waals surface area contributed by atoms with Crippen molar-refractivity contribution in [1.29, 1.82) is 0 Å². The highest BCUT2D eigenvalue weighted by Crippen LogP contribution is 2.30. The first-order chi connectivity index (χ1) is 13.4. The molecule has 0 radical (unpaired) electrons. The Morgan fingerprint density at radius 1 is 1.11 bits per heavy atom. The van der Waals surface area contributed by atoms with Crippen LogP contribution < -0.4 is 5.32 Å². The van der Waals surface area contributed by atoms with Gasteiger partial charge in [0.25, 0.3) is 0 Å². The van der Waals surface area contributed by atoms with Gasteiger partial charge in [0.2, 0.25) is 5.91 Å². The number of Topliss-reactive ketones (excluding diaryl/α,β-unsaturated/α-hetero) is 1. The second-order valence-corrected chi connectivity index (χ2v) is 8.63. The lowest BCUT2D eigenvalue weighted by Gasteiger charge is -2.08. The van der Waals surface area contributed by atoms with Crippen molar-refractivity contribution >= 4 is 34.7 Å². The summed E-state index contributed by atoms with van der Waals surface area (Å²) in [5, 5.41) is 2.80. The Kier molecular flexibility index (Phi) is 6.62. The molecule has 28 heavy (non-hydrogen) atoms. The zero-order chi connectivity index (χ0) is 20.1. The molecule has 2 aromatic rings. The molecule has 3 rings (SSSR count). The minimum atomic E-state index is -0.440. The lowest BCUT2D eigenvalue weighted by molar-refractivity contribution is -0.116. The van der Waals surface area contributed by atoms with Crippen LogP contribution in [-0.2, 0) is 22.4 Å². The number of hydrogen-bond acceptors (Lipinski definition) is 5. The lowest BCUT2D eigenvalue weighted by Crippen LogP contribution is -2.15. The summed E-state index contributed by atoms with van der Waals surface area (Å²) < 4.78 is 5.21. The summed E-state index contributed by atoms with van der Waals surface area (Å²) in [6.45, 7) is 3.67. The SMILES string of the molecule is CC(C)CC(=O)Nc1ccc(C(=O)COC(=O)c2cc3c(s2)CCCC3)cc1. The number of amides is 1. The fourth-order valence-corrected chi connectivity index (χ4v) is 4.35. The summed E-state index contributed by atoms with van der Waals surface area (Å²) in [7, 11) is 0. The molecule has 6 heteroatoms. The Bertz CT molecular complexity index is 844. The molecule has 1 aromatic heterocycles. The van der Waals surface area contributed by atoms with E-state index in [4.69, 9.17) is 4.74 Å². The van der Waals surface area contributed by atoms with Crippen LogP contribution in [-0.4, -0.2) is 24.3 Å². The number of nitrogens with one attached hydrogen (secondary N) is 1. The maximum atomic E-state index is 12.3. The van der Waals surface area contributed by atoms with E-state index in [0.717, 1.165) is 25.7 Å². The van der Waals surface area contributed by atoms with Gasteiger partial charge in [-0.2, -0.15) is 0 Å². The van der Waals surface area contributed by atoms with E-state index in [-0.39, 0.29) is 24.2 Å². The fourth-order valence-electron chi connectivity index (χ4n) is 3.20. The number of carbonyl (C=O) groups excluding carboxylic acids is 3. The molecule has 1 aliphatic carbocycles. The molecule has 0 spiro atoms. The quantitative estimate of drug-likeness (QED) is 0.543. The second kappa shape index (κ2) is 9.15. The van der Waals surface area contributed by atoms with Crippen LogP contribution in [0.15, 0.2) is 30.3 Å². The lowest BCUT2D eigenvalue weighted by atomic mass is 9.99. The number of aryl methyl sites for hydroxylation is 2. The predicted octanol–water partition coefficient (Wildman–Crippen LogP) is 4.65. The molecule has 0 atom stereocenters. The number of fused-ring (bicyclic) bond motifs is 1. The molecule has 1 N–H and O–H groups in total. The molecule has 1 aromatic carbocycles. The third-order valence-electron chi connectivity index (χ3n) is 4.62. The van der Waals surface area contributed by atoms with Gasteiger partial charge >= 0.3 is 5.97 Å². The minimum absolute atomic E-state index is 0.0540. The number of esters is 1. The summed E-state index contributed by atoms with van der Waals surface area (Å²) in [6, 6.07) is 8.53. The fraction of sp³-hybridized carbons (Fsp3) is 0.409. The monoisotopic (exact) mass is 399 g/mol. The predicted molar refractivity (Wildman–Crippen MR) is 110 cm³/mol. The maximum Gasteiger partial charge on any atom is 0.348 e. The highest BCUT2D eigenvalue weighted by molar-refractivity contribution is 7.14. The van der Waals surface area contributed by atoms with Crippen LogP contribution in [0, 0.1) is 5.92 Å². The van der Waals surface area contributed by atoms with Gasteiger partial charge < -0.3 is 10.1 Å². The molecular weight excluding hydrogens is 374 g/mol. The highest BCUT2D eigenvalue weighted by Gasteiger charge is 2.19. The van der Waals surface area contributed by atoms with Gasteiger partial charge in [-0.1, -0.05) is 13.8 Å². The molecule has 0 saturated carbocycles. The van der Waals surface area contributed by atoms with Crippen LogP contribution >= 0.6 is 11.3 Å². The van der Waals surface area contributed by atoms with Gasteiger partial charge in [-0.25, -0.2) is 4.79 Å². The zero-order valence-corrected chi connectivity index (χ0v) is 17.1. The van der Waals surface area contributed by atoms with Crippen LogP contribution in [0.25, 0.3) is 0 Å². The Morgan fingerprint density at radius 2 is 1.82 bits per heavy atom. The van der Waals surface area contributed by atoms with Gasteiger partial charge in [-0.15, -0.1) is 11.3 Å². The first kappa shape index (κ1) is 20.3. The number of benzene rings is 1. The van der Waals surface area contributed by atoms with Crippen molar-refractivity contribution in [2.45, 2.75) is 46.0 Å². The van der Waals surface area contributed by atoms with Gasteiger partial charge in [0.15, 0.2) is 12.4 Å². The zero-order valence-electron chi connectivity index (χ0n) is 16.2. The van der Waals surface area contributed by atoms with Crippen molar-refractivity contribution in [3.63, 3.8) is 0 Å². The van der Waals surface area contributed by atoms with Crippen molar-refractivity contribution < 1.29 is 19.1 Å². The Morgan fingerprint density at radius 3 is 2.50 bits per heavy atom. The second-order valence-electron chi connectivity index (χ2n) is 7.49. The summed E-state index contributed by atoms with van der Waals surface area (Å²) >= 11 is 1.48. The van der Waals surface area contributed by atoms with Gasteiger partial charge in [0.1, 0.15) is 4.88 Å². The maximum absolute atomic E-state index is 12.3. The topological polar surface area (TPSA) is 72.5 Å². The molecule has 5 nitrogen and oxygen atoms in total. The van der Waals surface area contributed by atoms with Crippen LogP contribution in [0.5, 0.6) is 0 Å². The van der Waals surface area contributed by atoms with E-state index in [1.807, 2.05) is 19.9 Å². The van der Waals surface area contributed by atoms with E-state index in [2.05, 4.69) is 5.32 Å². The van der Waals surface area contributed by atoms with Crippen LogP contribution in [0.3, 0.4) is 0 Å². The van der Waals surface area contributed by atoms with Gasteiger partial charge in [-0.05, 0) is 67.5 Å². The summed E-state index contributed by atoms with van der Waals surface area (Å²) in [5.74, 6) is -0.480. The van der Waals surface area contributed by atoms with Crippen LogP contribution in [0.2, 0.25) is 0 Å². The first-order valence-corrected chi connectivity index (χ1v) is 10.5. The third kappa shape index (κ3) is 5.29. The van der Waals surface area contributed by atoms with E-state index in [9.17, 15) is 14.4 Å². The molecule has 0 fully saturated rings. The van der Waals surface area contributed by atoms with E-state index in [1.165, 1.54) is 21.8 Å². The Labute approximate surface area is 169 Å². The summed E-state index contributed by atoms with van der Waals surface area (Å²) in [5.41, 5.74) is 2.33. The number of ether oxygens (including phenoxy) is 1. The molecule has 1 amide bonds. The van der Waals surface area contributed by atoms with Crippen molar-refractivity contribution in [3.8, 4) is 0 Å². The van der Waals surface area contributed by atoms with E-state index in [1.54, 1.807) is 24.3 Å². The van der Waals surface area contributed by atoms with E-state index in [0.29, 0.717) is 22.5 Å². The standard InChI is InChI=1S/C22H25NO4S/c1-14(2)11-21(25)23-17-9-7-15(8-10-17)18(24)13-27-22(26)20-12-16-5-3-4-6-19(16)28-20/h7-10,12,14H,3-6,11,13H2,1-2H3,(H,23,25). The number of hydrogen-bond donors (Lipinski definition) is 1. The molecule has 0 unspecified atom stereocenters. The van der Waals surface area contributed by atoms with E-state index >= 15 is 0 Å². The Balaban J connectivity index is 1.52.